The van der Waals surface area contributed by atoms with Gasteiger partial charge >= 0.3 is 0 Å². The SMILES string of the molecule is CC(CCCCCCF)S(=O)(=O)O. The van der Waals surface area contributed by atoms with Gasteiger partial charge in [0.25, 0.3) is 10.1 Å². The lowest BCUT2D eigenvalue weighted by atomic mass is 10.1. The third kappa shape index (κ3) is 6.95. The Morgan fingerprint density at radius 2 is 1.77 bits per heavy atom. The van der Waals surface area contributed by atoms with E-state index in [0.29, 0.717) is 12.8 Å². The summed E-state index contributed by atoms with van der Waals surface area (Å²) in [5, 5.41) is -0.696. The molecule has 0 aromatic heterocycles. The van der Waals surface area contributed by atoms with E-state index >= 15 is 0 Å². The second kappa shape index (κ2) is 6.32. The van der Waals surface area contributed by atoms with Crippen molar-refractivity contribution in [3.8, 4) is 0 Å². The van der Waals surface area contributed by atoms with E-state index in [4.69, 9.17) is 4.55 Å². The predicted molar refractivity (Wildman–Crippen MR) is 50.1 cm³/mol. The zero-order valence-corrected chi connectivity index (χ0v) is 8.69. The molecule has 0 aliphatic heterocycles. The number of unbranched alkanes of at least 4 members (excludes halogenated alkanes) is 3. The van der Waals surface area contributed by atoms with Crippen LogP contribution in [0.3, 0.4) is 0 Å². The highest BCUT2D eigenvalue weighted by atomic mass is 32.2. The first-order chi connectivity index (χ1) is 5.98. The molecular formula is C8H17FO3S. The monoisotopic (exact) mass is 212 g/mol. The van der Waals surface area contributed by atoms with Gasteiger partial charge in [0.15, 0.2) is 0 Å². The molecule has 0 heterocycles. The van der Waals surface area contributed by atoms with E-state index < -0.39 is 15.4 Å². The van der Waals surface area contributed by atoms with Crippen LogP contribution in [0.1, 0.15) is 39.0 Å². The Labute approximate surface area is 79.1 Å². The highest BCUT2D eigenvalue weighted by Gasteiger charge is 2.15. The van der Waals surface area contributed by atoms with Crippen LogP contribution in [0.15, 0.2) is 0 Å². The molecule has 1 unspecified atom stereocenters. The van der Waals surface area contributed by atoms with Gasteiger partial charge < -0.3 is 0 Å². The minimum absolute atomic E-state index is 0.312. The molecule has 0 aromatic rings. The predicted octanol–water partition coefficient (Wildman–Crippen LogP) is 2.18. The Balaban J connectivity index is 3.44. The molecule has 0 radical (unpaired) electrons. The second-order valence-corrected chi connectivity index (χ2v) is 5.05. The summed E-state index contributed by atoms with van der Waals surface area (Å²) in [6, 6.07) is 0. The molecule has 0 saturated carbocycles. The fourth-order valence-corrected chi connectivity index (χ4v) is 1.49. The lowest BCUT2D eigenvalue weighted by Gasteiger charge is -2.06. The summed E-state index contributed by atoms with van der Waals surface area (Å²) in [5.41, 5.74) is 0. The lowest BCUT2D eigenvalue weighted by molar-refractivity contribution is 0.443. The van der Waals surface area contributed by atoms with Gasteiger partial charge in [0.2, 0.25) is 0 Å². The summed E-state index contributed by atoms with van der Waals surface area (Å²) < 4.78 is 41.3. The van der Waals surface area contributed by atoms with Gasteiger partial charge in [-0.05, 0) is 19.8 Å². The van der Waals surface area contributed by atoms with Gasteiger partial charge in [-0.25, -0.2) is 0 Å². The van der Waals surface area contributed by atoms with Gasteiger partial charge in [-0.1, -0.05) is 19.3 Å². The van der Waals surface area contributed by atoms with Gasteiger partial charge in [-0.15, -0.1) is 0 Å². The normalized spacial score (nSPS) is 14.4. The fourth-order valence-electron chi connectivity index (χ4n) is 1.03. The summed E-state index contributed by atoms with van der Waals surface area (Å²) in [7, 11) is -3.87. The Kier molecular flexibility index (Phi) is 6.24. The first-order valence-electron chi connectivity index (χ1n) is 4.50. The van der Waals surface area contributed by atoms with Gasteiger partial charge in [-0.2, -0.15) is 8.42 Å². The Hall–Kier alpha value is -0.160. The number of hydrogen-bond donors (Lipinski definition) is 1. The molecule has 1 N–H and O–H groups in total. The van der Waals surface area contributed by atoms with Crippen LogP contribution in [0.25, 0.3) is 0 Å². The summed E-state index contributed by atoms with van der Waals surface area (Å²) >= 11 is 0. The molecule has 0 aliphatic rings. The van der Waals surface area contributed by atoms with Gasteiger partial charge in [0.05, 0.1) is 11.9 Å². The molecule has 1 atom stereocenters. The van der Waals surface area contributed by atoms with Crippen LogP contribution in [0.4, 0.5) is 4.39 Å². The third-order valence-electron chi connectivity index (χ3n) is 2.00. The molecule has 0 fully saturated rings. The van der Waals surface area contributed by atoms with Crippen molar-refractivity contribution in [1.82, 2.24) is 0 Å². The molecule has 80 valence electrons. The molecule has 0 bridgehead atoms. The molecule has 0 saturated heterocycles. The molecular weight excluding hydrogens is 195 g/mol. The van der Waals surface area contributed by atoms with E-state index in [1.165, 1.54) is 6.92 Å². The maximum absolute atomic E-state index is 11.6. The van der Waals surface area contributed by atoms with Gasteiger partial charge in [0, 0.05) is 0 Å². The zero-order chi connectivity index (χ0) is 10.3. The standard InChI is InChI=1S/C8H17FO3S/c1-8(13(10,11)12)6-4-2-3-5-7-9/h8H,2-7H2,1H3,(H,10,11,12). The maximum atomic E-state index is 11.6. The van der Waals surface area contributed by atoms with Crippen LogP contribution >= 0.6 is 0 Å². The highest BCUT2D eigenvalue weighted by Crippen LogP contribution is 2.10. The Morgan fingerprint density at radius 1 is 1.23 bits per heavy atom. The van der Waals surface area contributed by atoms with E-state index in [9.17, 15) is 12.8 Å². The van der Waals surface area contributed by atoms with Crippen molar-refractivity contribution in [2.75, 3.05) is 6.67 Å². The smallest absolute Gasteiger partial charge is 0.267 e. The summed E-state index contributed by atoms with van der Waals surface area (Å²) in [5.74, 6) is 0. The van der Waals surface area contributed by atoms with Crippen LogP contribution in [0.5, 0.6) is 0 Å². The molecule has 0 amide bonds. The minimum Gasteiger partial charge on any atom is -0.285 e. The highest BCUT2D eigenvalue weighted by molar-refractivity contribution is 7.86. The van der Waals surface area contributed by atoms with Crippen LogP contribution in [-0.4, -0.2) is 24.9 Å². The largest absolute Gasteiger partial charge is 0.285 e. The molecule has 13 heavy (non-hydrogen) atoms. The van der Waals surface area contributed by atoms with Crippen molar-refractivity contribution in [2.45, 2.75) is 44.3 Å². The van der Waals surface area contributed by atoms with Crippen molar-refractivity contribution in [3.63, 3.8) is 0 Å². The van der Waals surface area contributed by atoms with E-state index in [0.717, 1.165) is 19.3 Å². The second-order valence-electron chi connectivity index (χ2n) is 3.22. The Morgan fingerprint density at radius 3 is 2.23 bits per heavy atom. The lowest BCUT2D eigenvalue weighted by Crippen LogP contribution is -2.16. The van der Waals surface area contributed by atoms with Crippen LogP contribution in [0, 0.1) is 0 Å². The first-order valence-corrected chi connectivity index (χ1v) is 6.01. The third-order valence-corrected chi connectivity index (χ3v) is 3.26. The average molecular weight is 212 g/mol. The molecule has 0 aromatic carbocycles. The topological polar surface area (TPSA) is 54.4 Å². The molecule has 0 rings (SSSR count). The van der Waals surface area contributed by atoms with E-state index in [-0.39, 0.29) is 6.67 Å². The van der Waals surface area contributed by atoms with Gasteiger partial charge in [0.1, 0.15) is 0 Å². The fraction of sp³-hybridized carbons (Fsp3) is 1.00. The quantitative estimate of drug-likeness (QED) is 0.520. The van der Waals surface area contributed by atoms with Crippen LogP contribution < -0.4 is 0 Å². The van der Waals surface area contributed by atoms with Crippen molar-refractivity contribution in [1.29, 1.82) is 0 Å². The zero-order valence-electron chi connectivity index (χ0n) is 7.87. The molecule has 3 nitrogen and oxygen atoms in total. The number of rotatable bonds is 7. The molecule has 0 spiro atoms. The van der Waals surface area contributed by atoms with Gasteiger partial charge in [-0.3, -0.25) is 8.94 Å². The number of halogens is 1. The summed E-state index contributed by atoms with van der Waals surface area (Å²) in [4.78, 5) is 0. The van der Waals surface area contributed by atoms with Crippen molar-refractivity contribution in [2.24, 2.45) is 0 Å². The maximum Gasteiger partial charge on any atom is 0.267 e. The van der Waals surface area contributed by atoms with Crippen molar-refractivity contribution < 1.29 is 17.4 Å². The van der Waals surface area contributed by atoms with E-state index in [2.05, 4.69) is 0 Å². The molecule has 5 heteroatoms. The Bertz CT molecular complexity index is 213. The molecule has 0 aliphatic carbocycles. The van der Waals surface area contributed by atoms with E-state index in [1.807, 2.05) is 0 Å². The number of hydrogen-bond acceptors (Lipinski definition) is 2. The summed E-state index contributed by atoms with van der Waals surface area (Å²) in [6.07, 6.45) is 3.32. The van der Waals surface area contributed by atoms with Crippen LogP contribution in [-0.2, 0) is 10.1 Å². The number of alkyl halides is 1. The average Bonchev–Trinajstić information content (AvgIpc) is 2.02. The minimum atomic E-state index is -3.87. The van der Waals surface area contributed by atoms with Crippen molar-refractivity contribution >= 4 is 10.1 Å². The van der Waals surface area contributed by atoms with Crippen LogP contribution in [0.2, 0.25) is 0 Å². The summed E-state index contributed by atoms with van der Waals surface area (Å²) in [6.45, 7) is 1.17. The van der Waals surface area contributed by atoms with E-state index in [1.54, 1.807) is 0 Å². The first kappa shape index (κ1) is 12.8. The van der Waals surface area contributed by atoms with Crippen molar-refractivity contribution in [3.05, 3.63) is 0 Å².